The Morgan fingerprint density at radius 2 is 2.00 bits per heavy atom. The molecule has 1 fully saturated rings. The molecule has 3 aromatic rings. The number of ether oxygens (including phenoxy) is 2. The summed E-state index contributed by atoms with van der Waals surface area (Å²) < 4.78 is 12.4. The summed E-state index contributed by atoms with van der Waals surface area (Å²) in [4.78, 5) is 15.2. The van der Waals surface area contributed by atoms with Crippen LogP contribution in [-0.4, -0.2) is 43.3 Å². The van der Waals surface area contributed by atoms with Gasteiger partial charge in [-0.05, 0) is 55.1 Å². The highest BCUT2D eigenvalue weighted by atomic mass is 32.1. The number of hydrogen-bond donors (Lipinski definition) is 1. The molecule has 152 valence electrons. The average molecular weight is 412 g/mol. The molecule has 1 N–H and O–H groups in total. The van der Waals surface area contributed by atoms with E-state index in [0.29, 0.717) is 6.54 Å². The summed E-state index contributed by atoms with van der Waals surface area (Å²) in [6.07, 6.45) is 1.59. The lowest BCUT2D eigenvalue weighted by molar-refractivity contribution is -0.143. The second kappa shape index (κ2) is 8.43. The number of methoxy groups -OCH3 is 2. The van der Waals surface area contributed by atoms with Crippen LogP contribution >= 0.6 is 11.3 Å². The van der Waals surface area contributed by atoms with Crippen molar-refractivity contribution in [3.8, 4) is 11.5 Å². The zero-order valence-electron chi connectivity index (χ0n) is 16.6. The van der Waals surface area contributed by atoms with Gasteiger partial charge < -0.3 is 14.6 Å². The van der Waals surface area contributed by atoms with E-state index in [0.717, 1.165) is 36.4 Å². The standard InChI is InChI=1S/C23H25NO4S/c1-27-17-9-10-19(28-2)18(13-17)22(24-11-5-7-16(14-24)23(25)26)21-12-15-6-3-4-8-20(15)29-21/h3-4,6,8-10,12-13,16,22H,5,7,11,14H2,1-2H3,(H,25,26). The van der Waals surface area contributed by atoms with Gasteiger partial charge >= 0.3 is 5.97 Å². The van der Waals surface area contributed by atoms with E-state index in [1.54, 1.807) is 25.6 Å². The molecule has 5 nitrogen and oxygen atoms in total. The smallest absolute Gasteiger partial charge is 0.307 e. The van der Waals surface area contributed by atoms with E-state index in [2.05, 4.69) is 23.1 Å². The van der Waals surface area contributed by atoms with Gasteiger partial charge in [-0.1, -0.05) is 18.2 Å². The molecule has 0 aliphatic carbocycles. The highest BCUT2D eigenvalue weighted by molar-refractivity contribution is 7.19. The van der Waals surface area contributed by atoms with E-state index < -0.39 is 5.97 Å². The van der Waals surface area contributed by atoms with Crippen molar-refractivity contribution in [2.45, 2.75) is 18.9 Å². The predicted molar refractivity (Wildman–Crippen MR) is 115 cm³/mol. The first-order valence-corrected chi connectivity index (χ1v) is 10.6. The number of thiophene rings is 1. The fraction of sp³-hybridized carbons (Fsp3) is 0.348. The van der Waals surface area contributed by atoms with Crippen molar-refractivity contribution in [1.29, 1.82) is 0 Å². The third-order valence-electron chi connectivity index (χ3n) is 5.61. The van der Waals surface area contributed by atoms with Crippen molar-refractivity contribution in [3.63, 3.8) is 0 Å². The van der Waals surface area contributed by atoms with Crippen LogP contribution < -0.4 is 9.47 Å². The van der Waals surface area contributed by atoms with E-state index in [4.69, 9.17) is 9.47 Å². The van der Waals surface area contributed by atoms with Crippen LogP contribution in [0.2, 0.25) is 0 Å². The van der Waals surface area contributed by atoms with Gasteiger partial charge in [-0.3, -0.25) is 9.69 Å². The van der Waals surface area contributed by atoms with Crippen molar-refractivity contribution in [2.24, 2.45) is 5.92 Å². The van der Waals surface area contributed by atoms with Gasteiger partial charge in [0.25, 0.3) is 0 Å². The zero-order valence-corrected chi connectivity index (χ0v) is 17.4. The molecule has 29 heavy (non-hydrogen) atoms. The summed E-state index contributed by atoms with van der Waals surface area (Å²) in [5.41, 5.74) is 1.00. The Morgan fingerprint density at radius 3 is 2.72 bits per heavy atom. The second-order valence-corrected chi connectivity index (χ2v) is 8.48. The molecule has 6 heteroatoms. The molecule has 4 rings (SSSR count). The maximum Gasteiger partial charge on any atom is 0.307 e. The molecule has 2 heterocycles. The molecule has 1 aliphatic heterocycles. The number of carboxylic acids is 1. The number of piperidine rings is 1. The fourth-order valence-corrected chi connectivity index (χ4v) is 5.38. The lowest BCUT2D eigenvalue weighted by Gasteiger charge is -2.37. The summed E-state index contributed by atoms with van der Waals surface area (Å²) in [6.45, 7) is 1.37. The average Bonchev–Trinajstić information content (AvgIpc) is 3.17. The Labute approximate surface area is 174 Å². The molecule has 2 aromatic carbocycles. The molecule has 1 saturated heterocycles. The van der Waals surface area contributed by atoms with Gasteiger partial charge in [-0.15, -0.1) is 11.3 Å². The predicted octanol–water partition coefficient (Wildman–Crippen LogP) is 4.80. The Bertz CT molecular complexity index is 982. The Kier molecular flexibility index (Phi) is 5.74. The van der Waals surface area contributed by atoms with Crippen LogP contribution in [0.5, 0.6) is 11.5 Å². The van der Waals surface area contributed by atoms with Crippen molar-refractivity contribution in [1.82, 2.24) is 4.90 Å². The van der Waals surface area contributed by atoms with Gasteiger partial charge in [0.1, 0.15) is 11.5 Å². The molecular formula is C23H25NO4S. The largest absolute Gasteiger partial charge is 0.497 e. The van der Waals surface area contributed by atoms with E-state index in [1.807, 2.05) is 30.3 Å². The minimum absolute atomic E-state index is 0.0837. The summed E-state index contributed by atoms with van der Waals surface area (Å²) in [7, 11) is 3.32. The van der Waals surface area contributed by atoms with Gasteiger partial charge in [-0.2, -0.15) is 0 Å². The van der Waals surface area contributed by atoms with E-state index in [9.17, 15) is 9.90 Å². The van der Waals surface area contributed by atoms with E-state index >= 15 is 0 Å². The topological polar surface area (TPSA) is 59.0 Å². The first-order valence-electron chi connectivity index (χ1n) is 9.78. The first-order chi connectivity index (χ1) is 14.1. The van der Waals surface area contributed by atoms with Crippen molar-refractivity contribution >= 4 is 27.4 Å². The van der Waals surface area contributed by atoms with Crippen molar-refractivity contribution in [3.05, 3.63) is 59.0 Å². The quantitative estimate of drug-likeness (QED) is 0.631. The molecule has 2 atom stereocenters. The molecule has 0 saturated carbocycles. The van der Waals surface area contributed by atoms with E-state index in [1.165, 1.54) is 15.0 Å². The molecule has 2 unspecified atom stereocenters. The van der Waals surface area contributed by atoms with Crippen LogP contribution in [0.25, 0.3) is 10.1 Å². The number of likely N-dealkylation sites (tertiary alicyclic amines) is 1. The highest BCUT2D eigenvalue weighted by Crippen LogP contribution is 2.42. The van der Waals surface area contributed by atoms with Crippen molar-refractivity contribution in [2.75, 3.05) is 27.3 Å². The third-order valence-corrected chi connectivity index (χ3v) is 6.78. The van der Waals surface area contributed by atoms with Crippen LogP contribution in [0.4, 0.5) is 0 Å². The Balaban J connectivity index is 1.84. The number of rotatable bonds is 6. The molecule has 0 radical (unpaired) electrons. The Morgan fingerprint density at radius 1 is 1.17 bits per heavy atom. The number of benzene rings is 2. The molecule has 0 amide bonds. The van der Waals surface area contributed by atoms with Gasteiger partial charge in [0, 0.05) is 21.7 Å². The van der Waals surface area contributed by atoms with Gasteiger partial charge in [0.05, 0.1) is 26.2 Å². The van der Waals surface area contributed by atoms with Crippen LogP contribution in [0.15, 0.2) is 48.5 Å². The lowest BCUT2D eigenvalue weighted by Crippen LogP contribution is -2.41. The number of hydrogen-bond acceptors (Lipinski definition) is 5. The second-order valence-electron chi connectivity index (χ2n) is 7.37. The molecule has 0 bridgehead atoms. The SMILES string of the molecule is COc1ccc(OC)c(C(c2cc3ccccc3s2)N2CCCC(C(=O)O)C2)c1. The molecular weight excluding hydrogens is 386 g/mol. The lowest BCUT2D eigenvalue weighted by atomic mass is 9.93. The number of carboxylic acid groups (broad SMARTS) is 1. The van der Waals surface area contributed by atoms with Crippen molar-refractivity contribution < 1.29 is 19.4 Å². The van der Waals surface area contributed by atoms with Crippen LogP contribution in [-0.2, 0) is 4.79 Å². The zero-order chi connectivity index (χ0) is 20.4. The van der Waals surface area contributed by atoms with Crippen LogP contribution in [0.1, 0.15) is 29.3 Å². The normalized spacial score (nSPS) is 18.5. The highest BCUT2D eigenvalue weighted by Gasteiger charge is 2.33. The van der Waals surface area contributed by atoms with Gasteiger partial charge in [0.15, 0.2) is 0 Å². The maximum absolute atomic E-state index is 11.7. The number of nitrogens with zero attached hydrogens (tertiary/aromatic N) is 1. The summed E-state index contributed by atoms with van der Waals surface area (Å²) in [5.74, 6) is 0.476. The first kappa shape index (κ1) is 19.7. The monoisotopic (exact) mass is 411 g/mol. The third kappa shape index (κ3) is 3.95. The molecule has 1 aliphatic rings. The minimum Gasteiger partial charge on any atom is -0.497 e. The summed E-state index contributed by atoms with van der Waals surface area (Å²) in [5, 5.41) is 10.8. The number of aliphatic carboxylic acids is 1. The van der Waals surface area contributed by atoms with E-state index in [-0.39, 0.29) is 12.0 Å². The van der Waals surface area contributed by atoms with Crippen LogP contribution in [0.3, 0.4) is 0 Å². The number of fused-ring (bicyclic) bond motifs is 1. The molecule has 1 aromatic heterocycles. The fourth-order valence-electron chi connectivity index (χ4n) is 4.16. The minimum atomic E-state index is -0.720. The van der Waals surface area contributed by atoms with Gasteiger partial charge in [-0.25, -0.2) is 0 Å². The molecule has 0 spiro atoms. The maximum atomic E-state index is 11.7. The summed E-state index contributed by atoms with van der Waals surface area (Å²) >= 11 is 1.75. The van der Waals surface area contributed by atoms with Crippen LogP contribution in [0, 0.1) is 5.92 Å². The summed E-state index contributed by atoms with van der Waals surface area (Å²) in [6, 6.07) is 16.3. The Hall–Kier alpha value is -2.57. The number of carbonyl (C=O) groups is 1. The van der Waals surface area contributed by atoms with Gasteiger partial charge in [0.2, 0.25) is 0 Å².